The molecular weight excluding hydrogens is 298 g/mol. The lowest BCUT2D eigenvalue weighted by atomic mass is 9.94. The topological polar surface area (TPSA) is 49.0 Å². The Balaban J connectivity index is 1.86. The van der Waals surface area contributed by atoms with E-state index in [2.05, 4.69) is 61.8 Å². The molecule has 0 saturated carbocycles. The van der Waals surface area contributed by atoms with Crippen LogP contribution in [0.5, 0.6) is 0 Å². The molecule has 1 aromatic carbocycles. The highest BCUT2D eigenvalue weighted by atomic mass is 16.1. The van der Waals surface area contributed by atoms with Crippen LogP contribution < -0.4 is 5.56 Å². The van der Waals surface area contributed by atoms with Gasteiger partial charge in [-0.3, -0.25) is 9.69 Å². The zero-order valence-electron chi connectivity index (χ0n) is 15.1. The van der Waals surface area contributed by atoms with Gasteiger partial charge in [-0.25, -0.2) is 4.98 Å². The van der Waals surface area contributed by atoms with Gasteiger partial charge in [-0.2, -0.15) is 0 Å². The number of hydrogen-bond acceptors (Lipinski definition) is 3. The van der Waals surface area contributed by atoms with E-state index in [1.807, 2.05) is 0 Å². The van der Waals surface area contributed by atoms with Crippen LogP contribution in [0, 0.1) is 0 Å². The average molecular weight is 325 g/mol. The van der Waals surface area contributed by atoms with Gasteiger partial charge in [0, 0.05) is 30.6 Å². The van der Waals surface area contributed by atoms with Crippen molar-refractivity contribution in [3.05, 3.63) is 62.8 Å². The Bertz CT molecular complexity index is 786. The first-order valence-electron chi connectivity index (χ1n) is 8.80. The lowest BCUT2D eigenvalue weighted by molar-refractivity contribution is 0.238. The lowest BCUT2D eigenvalue weighted by Gasteiger charge is -2.29. The summed E-state index contributed by atoms with van der Waals surface area (Å²) in [6.07, 6.45) is 1.82. The second-order valence-electron chi connectivity index (χ2n) is 7.67. The predicted molar refractivity (Wildman–Crippen MR) is 97.2 cm³/mol. The molecule has 128 valence electrons. The predicted octanol–water partition coefficient (Wildman–Crippen LogP) is 3.19. The molecular formula is C20H27N3O. The molecule has 0 saturated heterocycles. The summed E-state index contributed by atoms with van der Waals surface area (Å²) in [5.41, 5.74) is 4.48. The van der Waals surface area contributed by atoms with Gasteiger partial charge in [0.2, 0.25) is 0 Å². The molecule has 0 atom stereocenters. The summed E-state index contributed by atoms with van der Waals surface area (Å²) in [6, 6.07) is 8.62. The van der Waals surface area contributed by atoms with E-state index in [1.54, 1.807) is 0 Å². The molecule has 2 aromatic rings. The second kappa shape index (κ2) is 6.52. The van der Waals surface area contributed by atoms with Crippen LogP contribution in [0.25, 0.3) is 0 Å². The van der Waals surface area contributed by atoms with Gasteiger partial charge >= 0.3 is 0 Å². The van der Waals surface area contributed by atoms with Gasteiger partial charge in [-0.15, -0.1) is 0 Å². The second-order valence-corrected chi connectivity index (χ2v) is 7.67. The van der Waals surface area contributed by atoms with Gasteiger partial charge in [0.1, 0.15) is 5.82 Å². The van der Waals surface area contributed by atoms with Crippen LogP contribution in [0.4, 0.5) is 0 Å². The summed E-state index contributed by atoms with van der Waals surface area (Å²) in [5, 5.41) is 0. The van der Waals surface area contributed by atoms with Crippen LogP contribution in [-0.2, 0) is 31.3 Å². The maximum absolute atomic E-state index is 12.4. The molecule has 0 fully saturated rings. The first kappa shape index (κ1) is 16.9. The average Bonchev–Trinajstić information content (AvgIpc) is 2.54. The smallest absolute Gasteiger partial charge is 0.254 e. The van der Waals surface area contributed by atoms with E-state index in [9.17, 15) is 4.79 Å². The SMILES string of the molecule is CCc1ccccc1CN1CCc2c(nc(C(C)(C)C)[nH]c2=O)C1. The molecule has 1 N–H and O–H groups in total. The normalized spacial score (nSPS) is 15.3. The lowest BCUT2D eigenvalue weighted by Crippen LogP contribution is -2.36. The van der Waals surface area contributed by atoms with Crippen LogP contribution in [0.15, 0.2) is 29.1 Å². The van der Waals surface area contributed by atoms with E-state index in [4.69, 9.17) is 4.98 Å². The number of H-pyrrole nitrogens is 1. The monoisotopic (exact) mass is 325 g/mol. The largest absolute Gasteiger partial charge is 0.310 e. The van der Waals surface area contributed by atoms with Crippen LogP contribution in [0.2, 0.25) is 0 Å². The highest BCUT2D eigenvalue weighted by molar-refractivity contribution is 5.28. The molecule has 0 unspecified atom stereocenters. The van der Waals surface area contributed by atoms with Crippen molar-refractivity contribution in [3.63, 3.8) is 0 Å². The summed E-state index contributed by atoms with van der Waals surface area (Å²) in [7, 11) is 0. The van der Waals surface area contributed by atoms with Crippen molar-refractivity contribution in [3.8, 4) is 0 Å². The van der Waals surface area contributed by atoms with Crippen LogP contribution in [-0.4, -0.2) is 21.4 Å². The summed E-state index contributed by atoms with van der Waals surface area (Å²) in [5.74, 6) is 0.780. The van der Waals surface area contributed by atoms with Crippen molar-refractivity contribution in [2.24, 2.45) is 0 Å². The zero-order valence-corrected chi connectivity index (χ0v) is 15.1. The summed E-state index contributed by atoms with van der Waals surface area (Å²) in [4.78, 5) is 22.5. The number of aromatic nitrogens is 2. The van der Waals surface area contributed by atoms with Crippen molar-refractivity contribution in [2.75, 3.05) is 6.54 Å². The van der Waals surface area contributed by atoms with Crippen molar-refractivity contribution in [1.29, 1.82) is 0 Å². The van der Waals surface area contributed by atoms with E-state index >= 15 is 0 Å². The third-order valence-electron chi connectivity index (χ3n) is 4.76. The van der Waals surface area contributed by atoms with Crippen molar-refractivity contribution in [1.82, 2.24) is 14.9 Å². The Morgan fingerprint density at radius 2 is 1.92 bits per heavy atom. The molecule has 1 aromatic heterocycles. The van der Waals surface area contributed by atoms with Crippen molar-refractivity contribution < 1.29 is 0 Å². The van der Waals surface area contributed by atoms with Gasteiger partial charge in [0.15, 0.2) is 0 Å². The third kappa shape index (κ3) is 3.44. The Morgan fingerprint density at radius 1 is 1.21 bits per heavy atom. The Kier molecular flexibility index (Phi) is 4.59. The minimum absolute atomic E-state index is 0.0403. The number of aryl methyl sites for hydroxylation is 1. The quantitative estimate of drug-likeness (QED) is 0.943. The molecule has 4 nitrogen and oxygen atoms in total. The summed E-state index contributed by atoms with van der Waals surface area (Å²) < 4.78 is 0. The molecule has 24 heavy (non-hydrogen) atoms. The van der Waals surface area contributed by atoms with Gasteiger partial charge in [0.05, 0.1) is 5.69 Å². The first-order valence-corrected chi connectivity index (χ1v) is 8.80. The molecule has 0 aliphatic carbocycles. The van der Waals surface area contributed by atoms with Crippen molar-refractivity contribution >= 4 is 0 Å². The standard InChI is InChI=1S/C20H27N3O/c1-5-14-8-6-7-9-15(14)12-23-11-10-16-17(13-23)21-19(20(2,3)4)22-18(16)24/h6-9H,5,10-13H2,1-4H3,(H,21,22,24). The number of hydrogen-bond donors (Lipinski definition) is 1. The molecule has 3 rings (SSSR count). The Morgan fingerprint density at radius 3 is 2.58 bits per heavy atom. The number of nitrogens with one attached hydrogen (secondary N) is 1. The summed E-state index contributed by atoms with van der Waals surface area (Å²) in [6.45, 7) is 11.0. The number of fused-ring (bicyclic) bond motifs is 1. The Labute approximate surface area is 143 Å². The fraction of sp³-hybridized carbons (Fsp3) is 0.500. The maximum Gasteiger partial charge on any atom is 0.254 e. The Hall–Kier alpha value is -1.94. The van der Waals surface area contributed by atoms with Gasteiger partial charge < -0.3 is 4.98 Å². The first-order chi connectivity index (χ1) is 11.4. The van der Waals surface area contributed by atoms with Crippen LogP contribution in [0.3, 0.4) is 0 Å². The highest BCUT2D eigenvalue weighted by Gasteiger charge is 2.24. The minimum Gasteiger partial charge on any atom is -0.310 e. The van der Waals surface area contributed by atoms with Crippen LogP contribution in [0.1, 0.15) is 55.9 Å². The van der Waals surface area contributed by atoms with E-state index in [1.165, 1.54) is 11.1 Å². The summed E-state index contributed by atoms with van der Waals surface area (Å²) >= 11 is 0. The molecule has 0 amide bonds. The highest BCUT2D eigenvalue weighted by Crippen LogP contribution is 2.22. The number of nitrogens with zero attached hydrogens (tertiary/aromatic N) is 2. The van der Waals surface area contributed by atoms with Gasteiger partial charge in [0.25, 0.3) is 5.56 Å². The maximum atomic E-state index is 12.4. The number of benzene rings is 1. The molecule has 2 heterocycles. The molecule has 0 bridgehead atoms. The number of aromatic amines is 1. The minimum atomic E-state index is -0.148. The van der Waals surface area contributed by atoms with E-state index < -0.39 is 0 Å². The van der Waals surface area contributed by atoms with E-state index in [-0.39, 0.29) is 11.0 Å². The molecule has 1 aliphatic rings. The fourth-order valence-electron chi connectivity index (χ4n) is 3.28. The molecule has 0 spiro atoms. The fourth-order valence-corrected chi connectivity index (χ4v) is 3.28. The third-order valence-corrected chi connectivity index (χ3v) is 4.76. The van der Waals surface area contributed by atoms with E-state index in [0.29, 0.717) is 0 Å². The van der Waals surface area contributed by atoms with Gasteiger partial charge in [-0.05, 0) is 24.0 Å². The van der Waals surface area contributed by atoms with E-state index in [0.717, 1.165) is 49.6 Å². The van der Waals surface area contributed by atoms with Gasteiger partial charge in [-0.1, -0.05) is 52.0 Å². The van der Waals surface area contributed by atoms with Crippen molar-refractivity contribution in [2.45, 2.75) is 59.0 Å². The zero-order chi connectivity index (χ0) is 17.3. The number of rotatable bonds is 3. The molecule has 0 radical (unpaired) electrons. The molecule has 1 aliphatic heterocycles. The molecule has 4 heteroatoms. The van der Waals surface area contributed by atoms with Crippen LogP contribution >= 0.6 is 0 Å².